The van der Waals surface area contributed by atoms with Crippen molar-refractivity contribution in [3.05, 3.63) is 11.8 Å². The van der Waals surface area contributed by atoms with Gasteiger partial charge in [-0.3, -0.25) is 0 Å². The van der Waals surface area contributed by atoms with Gasteiger partial charge in [0, 0.05) is 6.42 Å². The van der Waals surface area contributed by atoms with Crippen LogP contribution < -0.4 is 0 Å². The number of aliphatic hydroxyl groups excluding tert-OH is 1. The maximum absolute atomic E-state index is 9.10. The summed E-state index contributed by atoms with van der Waals surface area (Å²) in [6, 6.07) is 0. The lowest BCUT2D eigenvalue weighted by Crippen LogP contribution is -2.11. The maximum atomic E-state index is 9.10. The molecule has 1 rings (SSSR count). The van der Waals surface area contributed by atoms with Crippen molar-refractivity contribution in [2.45, 2.75) is 32.3 Å². The Kier molecular flexibility index (Phi) is 2.75. The Bertz CT molecular complexity index is 129. The number of aliphatic hydroxyl groups is 1. The van der Waals surface area contributed by atoms with E-state index in [1.54, 1.807) is 0 Å². The van der Waals surface area contributed by atoms with Crippen molar-refractivity contribution < 1.29 is 9.84 Å². The molecule has 0 saturated carbocycles. The zero-order valence-electron chi connectivity index (χ0n) is 6.34. The van der Waals surface area contributed by atoms with Crippen LogP contribution in [-0.4, -0.2) is 17.8 Å². The van der Waals surface area contributed by atoms with E-state index in [-0.39, 0.29) is 6.10 Å². The first-order chi connectivity index (χ1) is 4.83. The van der Waals surface area contributed by atoms with Crippen LogP contribution in [0.1, 0.15) is 26.2 Å². The number of ether oxygens (including phenoxy) is 1. The normalized spacial score (nSPS) is 25.8. The highest BCUT2D eigenvalue weighted by Gasteiger charge is 2.10. The van der Waals surface area contributed by atoms with Gasteiger partial charge in [-0.25, -0.2) is 0 Å². The molecule has 0 spiro atoms. The molecular weight excluding hydrogens is 128 g/mol. The average molecular weight is 142 g/mol. The number of hydrogen-bond acceptors (Lipinski definition) is 2. The quantitative estimate of drug-likeness (QED) is 0.632. The van der Waals surface area contributed by atoms with Crippen LogP contribution in [0.25, 0.3) is 0 Å². The number of rotatable bonds is 2. The lowest BCUT2D eigenvalue weighted by atomic mass is 10.0. The third-order valence-electron chi connectivity index (χ3n) is 1.67. The van der Waals surface area contributed by atoms with E-state index in [1.165, 1.54) is 0 Å². The monoisotopic (exact) mass is 142 g/mol. The molecule has 0 radical (unpaired) electrons. The smallest absolute Gasteiger partial charge is 0.0921 e. The molecule has 0 bridgehead atoms. The highest BCUT2D eigenvalue weighted by atomic mass is 16.5. The van der Waals surface area contributed by atoms with Gasteiger partial charge < -0.3 is 9.84 Å². The molecule has 58 valence electrons. The molecule has 2 heteroatoms. The van der Waals surface area contributed by atoms with E-state index >= 15 is 0 Å². The third kappa shape index (κ3) is 2.03. The zero-order valence-corrected chi connectivity index (χ0v) is 6.34. The van der Waals surface area contributed by atoms with Crippen LogP contribution in [0.15, 0.2) is 11.8 Å². The van der Waals surface area contributed by atoms with Crippen molar-refractivity contribution >= 4 is 0 Å². The van der Waals surface area contributed by atoms with Crippen LogP contribution in [0.3, 0.4) is 0 Å². The summed E-state index contributed by atoms with van der Waals surface area (Å²) in [7, 11) is 0. The fourth-order valence-electron chi connectivity index (χ4n) is 1.11. The summed E-state index contributed by atoms with van der Waals surface area (Å²) in [5.74, 6) is 1.05. The van der Waals surface area contributed by atoms with Gasteiger partial charge in [-0.1, -0.05) is 0 Å². The van der Waals surface area contributed by atoms with Gasteiger partial charge in [0.1, 0.15) is 0 Å². The second-order valence-electron chi connectivity index (χ2n) is 2.53. The van der Waals surface area contributed by atoms with E-state index in [1.807, 2.05) is 13.0 Å². The molecule has 0 aromatic carbocycles. The number of allylic oxidation sites excluding steroid dienone is 1. The molecule has 10 heavy (non-hydrogen) atoms. The minimum atomic E-state index is -0.135. The minimum Gasteiger partial charge on any atom is -0.499 e. The van der Waals surface area contributed by atoms with E-state index in [4.69, 9.17) is 9.84 Å². The predicted octanol–water partition coefficient (Wildman–Crippen LogP) is 1.45. The Hall–Kier alpha value is -0.500. The summed E-state index contributed by atoms with van der Waals surface area (Å²) >= 11 is 0. The van der Waals surface area contributed by atoms with Gasteiger partial charge in [-0.2, -0.15) is 0 Å². The Morgan fingerprint density at radius 3 is 3.10 bits per heavy atom. The molecule has 0 aromatic rings. The summed E-state index contributed by atoms with van der Waals surface area (Å²) in [5, 5.41) is 9.10. The molecule has 0 aromatic heterocycles. The summed E-state index contributed by atoms with van der Waals surface area (Å²) in [6.07, 6.45) is 4.36. The first-order valence-corrected chi connectivity index (χ1v) is 3.83. The van der Waals surface area contributed by atoms with Crippen molar-refractivity contribution in [3.63, 3.8) is 0 Å². The topological polar surface area (TPSA) is 29.5 Å². The Labute approximate surface area is 61.5 Å². The lowest BCUT2D eigenvalue weighted by Gasteiger charge is -2.16. The van der Waals surface area contributed by atoms with Crippen molar-refractivity contribution in [3.8, 4) is 0 Å². The Balaban J connectivity index is 2.33. The second-order valence-corrected chi connectivity index (χ2v) is 2.53. The molecule has 0 fully saturated rings. The van der Waals surface area contributed by atoms with Gasteiger partial charge >= 0.3 is 0 Å². The van der Waals surface area contributed by atoms with Gasteiger partial charge in [-0.15, -0.1) is 0 Å². The van der Waals surface area contributed by atoms with Gasteiger partial charge in [0.25, 0.3) is 0 Å². The fraction of sp³-hybridized carbons (Fsp3) is 0.750. The largest absolute Gasteiger partial charge is 0.499 e. The Morgan fingerprint density at radius 1 is 1.80 bits per heavy atom. The first-order valence-electron chi connectivity index (χ1n) is 3.83. The van der Waals surface area contributed by atoms with Crippen LogP contribution in [0, 0.1) is 0 Å². The van der Waals surface area contributed by atoms with Crippen LogP contribution in [0.2, 0.25) is 0 Å². The van der Waals surface area contributed by atoms with Gasteiger partial charge in [0.15, 0.2) is 0 Å². The van der Waals surface area contributed by atoms with E-state index in [9.17, 15) is 0 Å². The van der Waals surface area contributed by atoms with Gasteiger partial charge in [0.2, 0.25) is 0 Å². The Morgan fingerprint density at radius 2 is 2.60 bits per heavy atom. The molecule has 1 atom stereocenters. The maximum Gasteiger partial charge on any atom is 0.0921 e. The predicted molar refractivity (Wildman–Crippen MR) is 39.6 cm³/mol. The molecule has 1 N–H and O–H groups in total. The SMILES string of the molecule is CCOC1=CCC(O)CC1. The molecular formula is C8H14O2. The zero-order chi connectivity index (χ0) is 7.40. The van der Waals surface area contributed by atoms with E-state index in [0.29, 0.717) is 0 Å². The molecule has 1 aliphatic rings. The molecule has 2 nitrogen and oxygen atoms in total. The second kappa shape index (κ2) is 3.62. The molecule has 0 heterocycles. The standard InChI is InChI=1S/C8H14O2/c1-2-10-8-5-3-7(9)4-6-8/h5,7,9H,2-4,6H2,1H3. The minimum absolute atomic E-state index is 0.135. The van der Waals surface area contributed by atoms with Crippen molar-refractivity contribution in [2.75, 3.05) is 6.61 Å². The number of hydrogen-bond donors (Lipinski definition) is 1. The summed E-state index contributed by atoms with van der Waals surface area (Å²) in [4.78, 5) is 0. The van der Waals surface area contributed by atoms with Crippen LogP contribution >= 0.6 is 0 Å². The first kappa shape index (κ1) is 7.61. The molecule has 0 aliphatic heterocycles. The lowest BCUT2D eigenvalue weighted by molar-refractivity contribution is 0.135. The van der Waals surface area contributed by atoms with Crippen molar-refractivity contribution in [1.29, 1.82) is 0 Å². The summed E-state index contributed by atoms with van der Waals surface area (Å²) in [5.41, 5.74) is 0. The molecule has 1 aliphatic carbocycles. The summed E-state index contributed by atoms with van der Waals surface area (Å²) < 4.78 is 5.28. The van der Waals surface area contributed by atoms with Crippen LogP contribution in [0.4, 0.5) is 0 Å². The highest BCUT2D eigenvalue weighted by Crippen LogP contribution is 2.18. The summed E-state index contributed by atoms with van der Waals surface area (Å²) in [6.45, 7) is 2.72. The van der Waals surface area contributed by atoms with Crippen molar-refractivity contribution in [1.82, 2.24) is 0 Å². The molecule has 1 unspecified atom stereocenters. The van der Waals surface area contributed by atoms with Crippen molar-refractivity contribution in [2.24, 2.45) is 0 Å². The highest BCUT2D eigenvalue weighted by molar-refractivity contribution is 4.99. The van der Waals surface area contributed by atoms with Gasteiger partial charge in [0.05, 0.1) is 18.5 Å². The van der Waals surface area contributed by atoms with Crippen LogP contribution in [-0.2, 0) is 4.74 Å². The average Bonchev–Trinajstić information content (AvgIpc) is 1.95. The third-order valence-corrected chi connectivity index (χ3v) is 1.67. The molecule has 0 saturated heterocycles. The van der Waals surface area contributed by atoms with Gasteiger partial charge in [-0.05, 0) is 25.8 Å². The van der Waals surface area contributed by atoms with E-state index in [2.05, 4.69) is 0 Å². The van der Waals surface area contributed by atoms with Crippen LogP contribution in [0.5, 0.6) is 0 Å². The fourth-order valence-corrected chi connectivity index (χ4v) is 1.11. The molecule has 0 amide bonds. The van der Waals surface area contributed by atoms with E-state index < -0.39 is 0 Å². The van der Waals surface area contributed by atoms with E-state index in [0.717, 1.165) is 31.6 Å².